The van der Waals surface area contributed by atoms with Crippen LogP contribution in [0.25, 0.3) is 0 Å². The zero-order valence-electron chi connectivity index (χ0n) is 17.0. The van der Waals surface area contributed by atoms with Crippen molar-refractivity contribution < 1.29 is 37.1 Å². The van der Waals surface area contributed by atoms with E-state index in [4.69, 9.17) is 22.2 Å². The van der Waals surface area contributed by atoms with Gasteiger partial charge in [0.1, 0.15) is 12.3 Å². The van der Waals surface area contributed by atoms with Crippen LogP contribution in [-0.4, -0.2) is 41.8 Å². The Labute approximate surface area is 190 Å². The fraction of sp³-hybridized carbons (Fsp3) is 0.286. The standard InChI is InChI=1S/C21H17ClF3N3O5/c1-10-5-6-12(8-14(10)22)28-19(30)16-17(27(9-15(26)29)33-18(16)20(28)31)11-3-2-4-13(7-11)32-21(23,24)25/h2-8,16-18H,9H2,1H3,(H2,26,29). The van der Waals surface area contributed by atoms with E-state index in [9.17, 15) is 27.6 Å². The Morgan fingerprint density at radius 1 is 1.18 bits per heavy atom. The smallest absolute Gasteiger partial charge is 0.406 e. The summed E-state index contributed by atoms with van der Waals surface area (Å²) in [6, 6.07) is 8.48. The molecule has 0 aromatic heterocycles. The number of amides is 3. The molecule has 8 nitrogen and oxygen atoms in total. The minimum absolute atomic E-state index is 0.176. The lowest BCUT2D eigenvalue weighted by atomic mass is 9.90. The first-order chi connectivity index (χ1) is 15.5. The summed E-state index contributed by atoms with van der Waals surface area (Å²) in [4.78, 5) is 44.5. The number of halogens is 4. The second-order valence-electron chi connectivity index (χ2n) is 7.60. The maximum Gasteiger partial charge on any atom is 0.573 e. The lowest BCUT2D eigenvalue weighted by Crippen LogP contribution is -2.40. The van der Waals surface area contributed by atoms with E-state index in [0.717, 1.165) is 27.7 Å². The van der Waals surface area contributed by atoms with E-state index in [2.05, 4.69) is 4.74 Å². The second-order valence-corrected chi connectivity index (χ2v) is 8.01. The summed E-state index contributed by atoms with van der Waals surface area (Å²) in [5.41, 5.74) is 6.41. The van der Waals surface area contributed by atoms with Gasteiger partial charge in [0.05, 0.1) is 17.6 Å². The Kier molecular flexibility index (Phi) is 5.81. The van der Waals surface area contributed by atoms with Gasteiger partial charge in [-0.05, 0) is 42.3 Å². The molecule has 2 N–H and O–H groups in total. The number of rotatable bonds is 5. The lowest BCUT2D eigenvalue weighted by molar-refractivity contribution is -0.274. The van der Waals surface area contributed by atoms with Crippen LogP contribution in [0.1, 0.15) is 17.2 Å². The number of nitrogens with zero attached hydrogens (tertiary/aromatic N) is 2. The molecule has 0 spiro atoms. The van der Waals surface area contributed by atoms with E-state index >= 15 is 0 Å². The van der Waals surface area contributed by atoms with Gasteiger partial charge in [0, 0.05) is 5.02 Å². The number of fused-ring (bicyclic) bond motifs is 1. The number of benzene rings is 2. The zero-order valence-corrected chi connectivity index (χ0v) is 17.8. The first kappa shape index (κ1) is 23.0. The van der Waals surface area contributed by atoms with Crippen LogP contribution in [0.4, 0.5) is 18.9 Å². The first-order valence-electron chi connectivity index (χ1n) is 9.67. The van der Waals surface area contributed by atoms with Crippen molar-refractivity contribution in [1.82, 2.24) is 5.06 Å². The lowest BCUT2D eigenvalue weighted by Gasteiger charge is -2.26. The predicted octanol–water partition coefficient (Wildman–Crippen LogP) is 2.88. The van der Waals surface area contributed by atoms with Crippen molar-refractivity contribution in [2.45, 2.75) is 25.4 Å². The third-order valence-corrected chi connectivity index (χ3v) is 5.76. The van der Waals surface area contributed by atoms with Gasteiger partial charge in [0.2, 0.25) is 11.8 Å². The molecule has 2 saturated heterocycles. The van der Waals surface area contributed by atoms with E-state index in [1.807, 2.05) is 0 Å². The van der Waals surface area contributed by atoms with Gasteiger partial charge in [0.25, 0.3) is 5.91 Å². The summed E-state index contributed by atoms with van der Waals surface area (Å²) in [6.07, 6.45) is -6.23. The van der Waals surface area contributed by atoms with Crippen molar-refractivity contribution in [3.63, 3.8) is 0 Å². The van der Waals surface area contributed by atoms with Crippen molar-refractivity contribution >= 4 is 35.0 Å². The SMILES string of the molecule is Cc1ccc(N2C(=O)C3ON(CC(N)=O)C(c4cccc(OC(F)(F)F)c4)C3C2=O)cc1Cl. The first-order valence-corrected chi connectivity index (χ1v) is 10.1. The highest BCUT2D eigenvalue weighted by molar-refractivity contribution is 6.32. The highest BCUT2D eigenvalue weighted by Crippen LogP contribution is 2.46. The van der Waals surface area contributed by atoms with Gasteiger partial charge in [0.15, 0.2) is 6.10 Å². The average molecular weight is 484 g/mol. The van der Waals surface area contributed by atoms with Crippen LogP contribution >= 0.6 is 11.6 Å². The van der Waals surface area contributed by atoms with Crippen LogP contribution < -0.4 is 15.4 Å². The van der Waals surface area contributed by atoms with Crippen molar-refractivity contribution in [3.05, 3.63) is 58.6 Å². The van der Waals surface area contributed by atoms with E-state index in [1.165, 1.54) is 18.2 Å². The van der Waals surface area contributed by atoms with E-state index in [0.29, 0.717) is 5.02 Å². The topological polar surface area (TPSA) is 102 Å². The van der Waals surface area contributed by atoms with E-state index in [-0.39, 0.29) is 11.3 Å². The van der Waals surface area contributed by atoms with Crippen LogP contribution in [0, 0.1) is 12.8 Å². The number of nitrogens with two attached hydrogens (primary N) is 1. The van der Waals surface area contributed by atoms with Crippen molar-refractivity contribution in [3.8, 4) is 5.75 Å². The van der Waals surface area contributed by atoms with E-state index in [1.54, 1.807) is 19.1 Å². The number of ether oxygens (including phenoxy) is 1. The van der Waals surface area contributed by atoms with Crippen LogP contribution in [-0.2, 0) is 19.2 Å². The van der Waals surface area contributed by atoms with Gasteiger partial charge < -0.3 is 10.5 Å². The number of primary amides is 1. The molecule has 12 heteroatoms. The monoisotopic (exact) mass is 483 g/mol. The number of imide groups is 1. The maximum atomic E-state index is 13.4. The summed E-state index contributed by atoms with van der Waals surface area (Å²) >= 11 is 6.14. The van der Waals surface area contributed by atoms with Crippen LogP contribution in [0.2, 0.25) is 5.02 Å². The Morgan fingerprint density at radius 2 is 1.91 bits per heavy atom. The van der Waals surface area contributed by atoms with Gasteiger partial charge in [-0.15, -0.1) is 13.2 Å². The van der Waals surface area contributed by atoms with Crippen molar-refractivity contribution in [2.24, 2.45) is 11.7 Å². The van der Waals surface area contributed by atoms with Crippen molar-refractivity contribution in [1.29, 1.82) is 0 Å². The highest BCUT2D eigenvalue weighted by atomic mass is 35.5. The number of anilines is 1. The number of alkyl halides is 3. The summed E-state index contributed by atoms with van der Waals surface area (Å²) in [6.45, 7) is 1.27. The molecule has 0 aliphatic carbocycles. The van der Waals surface area contributed by atoms with Crippen LogP contribution in [0.5, 0.6) is 5.75 Å². The molecule has 2 heterocycles. The van der Waals surface area contributed by atoms with Crippen molar-refractivity contribution in [2.75, 3.05) is 11.4 Å². The molecule has 2 fully saturated rings. The fourth-order valence-corrected chi connectivity index (χ4v) is 4.18. The van der Waals surface area contributed by atoms with Gasteiger partial charge >= 0.3 is 6.36 Å². The zero-order chi connectivity index (χ0) is 24.1. The Bertz CT molecular complexity index is 1140. The molecule has 3 amide bonds. The quantitative estimate of drug-likeness (QED) is 0.656. The molecule has 3 atom stereocenters. The Balaban J connectivity index is 1.73. The molecule has 0 bridgehead atoms. The van der Waals surface area contributed by atoms with Gasteiger partial charge in [-0.25, -0.2) is 4.90 Å². The van der Waals surface area contributed by atoms with Crippen LogP contribution in [0.15, 0.2) is 42.5 Å². The Morgan fingerprint density at radius 3 is 2.55 bits per heavy atom. The number of hydrogen-bond acceptors (Lipinski definition) is 6. The third kappa shape index (κ3) is 4.39. The summed E-state index contributed by atoms with van der Waals surface area (Å²) in [5.74, 6) is -3.82. The number of hydrogen-bond donors (Lipinski definition) is 1. The highest BCUT2D eigenvalue weighted by Gasteiger charge is 2.60. The largest absolute Gasteiger partial charge is 0.573 e. The molecule has 0 saturated carbocycles. The Hall–Kier alpha value is -3.15. The molecule has 174 valence electrons. The number of hydroxylamine groups is 2. The van der Waals surface area contributed by atoms with Gasteiger partial charge in [-0.1, -0.05) is 29.8 Å². The van der Waals surface area contributed by atoms with Gasteiger partial charge in [-0.3, -0.25) is 19.2 Å². The number of aryl methyl sites for hydroxylation is 1. The summed E-state index contributed by atoms with van der Waals surface area (Å²) in [5, 5.41) is 1.38. The molecule has 33 heavy (non-hydrogen) atoms. The number of carbonyl (C=O) groups is 3. The summed E-state index contributed by atoms with van der Waals surface area (Å²) < 4.78 is 42.0. The molecule has 2 aliphatic heterocycles. The molecule has 3 unspecified atom stereocenters. The molecule has 2 aromatic rings. The second kappa shape index (κ2) is 8.32. The third-order valence-electron chi connectivity index (χ3n) is 5.35. The predicted molar refractivity (Wildman–Crippen MR) is 109 cm³/mol. The molecule has 4 rings (SSSR count). The summed E-state index contributed by atoms with van der Waals surface area (Å²) in [7, 11) is 0. The van der Waals surface area contributed by atoms with E-state index < -0.39 is 54.4 Å². The molecular weight excluding hydrogens is 467 g/mol. The molecular formula is C21H17ClF3N3O5. The molecule has 2 aliphatic rings. The normalized spacial score (nSPS) is 23.2. The average Bonchev–Trinajstić information content (AvgIpc) is 3.18. The molecule has 2 aromatic carbocycles. The van der Waals surface area contributed by atoms with Gasteiger partial charge in [-0.2, -0.15) is 5.06 Å². The fourth-order valence-electron chi connectivity index (χ4n) is 4.00. The minimum Gasteiger partial charge on any atom is -0.406 e. The minimum atomic E-state index is -4.93. The maximum absolute atomic E-state index is 13.4. The molecule has 0 radical (unpaired) electrons. The van der Waals surface area contributed by atoms with Crippen LogP contribution in [0.3, 0.4) is 0 Å². The number of carbonyl (C=O) groups excluding carboxylic acids is 3.